The molecular weight excluding hydrogens is 553 g/mol. The fourth-order valence-electron chi connectivity index (χ4n) is 1.45. The van der Waals surface area contributed by atoms with Crippen molar-refractivity contribution >= 4 is 17.2 Å². The van der Waals surface area contributed by atoms with Crippen LogP contribution in [0.5, 0.6) is 0 Å². The fraction of sp³-hybridized carbons (Fsp3) is 1.00. The zero-order chi connectivity index (χ0) is 26.4. The van der Waals surface area contributed by atoms with Crippen LogP contribution in [0.1, 0.15) is 125 Å². The summed E-state index contributed by atoms with van der Waals surface area (Å²) in [6.45, 7) is 36.0. The Hall–Kier alpha value is 1.28. The number of rotatable bonds is 6. The maximum Gasteiger partial charge on any atom is 0.334 e. The molecule has 0 saturated carbocycles. The first-order chi connectivity index (χ1) is 13.6. The van der Waals surface area contributed by atoms with Gasteiger partial charge in [-0.2, -0.15) is 0 Å². The Bertz CT molecular complexity index is 394. The van der Waals surface area contributed by atoms with E-state index in [1.165, 1.54) is 0 Å². The Morgan fingerprint density at radius 2 is 0.364 bits per heavy atom. The molecule has 0 rings (SSSR count). The SMILES string of the molecule is CC(C)(C)OP(OC(C)(C)C)OC(C)(C)C.CC(C)(C)OP(OC(C)(C)C)OC(C)(C)C.[Pd]. The van der Waals surface area contributed by atoms with Crippen LogP contribution in [0.15, 0.2) is 0 Å². The van der Waals surface area contributed by atoms with Crippen LogP contribution in [0, 0.1) is 0 Å². The van der Waals surface area contributed by atoms with Gasteiger partial charge >= 0.3 is 17.2 Å². The minimum Gasteiger partial charge on any atom is -0.306 e. The van der Waals surface area contributed by atoms with E-state index in [-0.39, 0.29) is 54.0 Å². The van der Waals surface area contributed by atoms with Crippen molar-refractivity contribution < 1.29 is 47.6 Å². The molecular formula is C24H54O6P2Pd. The maximum atomic E-state index is 5.81. The molecule has 0 heterocycles. The molecule has 0 amide bonds. The van der Waals surface area contributed by atoms with Gasteiger partial charge in [0.05, 0.1) is 33.6 Å². The van der Waals surface area contributed by atoms with Gasteiger partial charge in [-0.15, -0.1) is 0 Å². The summed E-state index contributed by atoms with van der Waals surface area (Å²) in [7, 11) is -2.65. The minimum absolute atomic E-state index is 0. The third-order valence-electron chi connectivity index (χ3n) is 2.09. The van der Waals surface area contributed by atoms with E-state index in [1.807, 2.05) is 125 Å². The van der Waals surface area contributed by atoms with Crippen LogP contribution in [0.2, 0.25) is 0 Å². The van der Waals surface area contributed by atoms with E-state index in [2.05, 4.69) is 0 Å². The first kappa shape index (κ1) is 38.8. The summed E-state index contributed by atoms with van der Waals surface area (Å²) in [5.74, 6) is 0. The molecule has 0 bridgehead atoms. The average molecular weight is 607 g/mol. The quantitative estimate of drug-likeness (QED) is 0.222. The van der Waals surface area contributed by atoms with Gasteiger partial charge in [0, 0.05) is 20.4 Å². The average Bonchev–Trinajstić information content (AvgIpc) is 2.24. The Morgan fingerprint density at radius 1 is 0.273 bits per heavy atom. The van der Waals surface area contributed by atoms with Gasteiger partial charge in [-0.05, 0) is 125 Å². The molecule has 9 heteroatoms. The molecule has 0 aromatic heterocycles. The molecule has 0 aromatic rings. The van der Waals surface area contributed by atoms with Crippen molar-refractivity contribution in [2.75, 3.05) is 0 Å². The third-order valence-corrected chi connectivity index (χ3v) is 6.27. The van der Waals surface area contributed by atoms with Crippen LogP contribution >= 0.6 is 17.2 Å². The van der Waals surface area contributed by atoms with Crippen molar-refractivity contribution in [2.45, 2.75) is 158 Å². The molecule has 0 unspecified atom stereocenters. The molecule has 0 aromatic carbocycles. The van der Waals surface area contributed by atoms with Gasteiger partial charge in [0.25, 0.3) is 0 Å². The van der Waals surface area contributed by atoms with Crippen LogP contribution in [0.3, 0.4) is 0 Å². The molecule has 0 N–H and O–H groups in total. The minimum atomic E-state index is -1.32. The summed E-state index contributed by atoms with van der Waals surface area (Å²) in [5, 5.41) is 0. The van der Waals surface area contributed by atoms with Crippen LogP contribution < -0.4 is 0 Å². The summed E-state index contributed by atoms with van der Waals surface area (Å²) >= 11 is 0. The second kappa shape index (κ2) is 14.3. The summed E-state index contributed by atoms with van der Waals surface area (Å²) in [6.07, 6.45) is 0. The second-order valence-corrected chi connectivity index (χ2v) is 15.7. The molecule has 0 aliphatic rings. The van der Waals surface area contributed by atoms with Crippen molar-refractivity contribution in [1.29, 1.82) is 0 Å². The molecule has 6 nitrogen and oxygen atoms in total. The van der Waals surface area contributed by atoms with Gasteiger partial charge in [-0.3, -0.25) is 0 Å². The molecule has 0 spiro atoms. The molecule has 0 atom stereocenters. The van der Waals surface area contributed by atoms with E-state index in [1.54, 1.807) is 0 Å². The molecule has 0 saturated heterocycles. The number of hydrogen-bond donors (Lipinski definition) is 0. The predicted molar refractivity (Wildman–Crippen MR) is 139 cm³/mol. The third kappa shape index (κ3) is 33.3. The van der Waals surface area contributed by atoms with Gasteiger partial charge in [0.2, 0.25) is 0 Å². The van der Waals surface area contributed by atoms with Gasteiger partial charge < -0.3 is 27.1 Å². The van der Waals surface area contributed by atoms with E-state index < -0.39 is 17.2 Å². The largest absolute Gasteiger partial charge is 0.334 e. The standard InChI is InChI=1S/2C12H27O3P.Pd/c2*1-10(2,3)13-16(14-11(4,5)6)15-12(7,8)9;/h2*1-9H3;. The van der Waals surface area contributed by atoms with Gasteiger partial charge in [0.15, 0.2) is 0 Å². The maximum absolute atomic E-state index is 5.81. The van der Waals surface area contributed by atoms with E-state index in [0.717, 1.165) is 0 Å². The van der Waals surface area contributed by atoms with Crippen molar-refractivity contribution in [3.8, 4) is 0 Å². The summed E-state index contributed by atoms with van der Waals surface area (Å²) < 4.78 is 34.9. The Morgan fingerprint density at radius 3 is 0.424 bits per heavy atom. The zero-order valence-corrected chi connectivity index (χ0v) is 28.0. The second-order valence-electron chi connectivity index (χ2n) is 13.7. The first-order valence-corrected chi connectivity index (χ1v) is 13.5. The molecule has 33 heavy (non-hydrogen) atoms. The van der Waals surface area contributed by atoms with Crippen molar-refractivity contribution in [3.63, 3.8) is 0 Å². The smallest absolute Gasteiger partial charge is 0.306 e. The first-order valence-electron chi connectivity index (χ1n) is 11.3. The van der Waals surface area contributed by atoms with Gasteiger partial charge in [-0.1, -0.05) is 0 Å². The van der Waals surface area contributed by atoms with E-state index >= 15 is 0 Å². The van der Waals surface area contributed by atoms with Crippen LogP contribution in [0.4, 0.5) is 0 Å². The molecule has 0 radical (unpaired) electrons. The summed E-state index contributed by atoms with van der Waals surface area (Å²) in [5.41, 5.74) is -1.57. The van der Waals surface area contributed by atoms with Gasteiger partial charge in [-0.25, -0.2) is 0 Å². The zero-order valence-electron chi connectivity index (χ0n) is 24.7. The van der Waals surface area contributed by atoms with Crippen molar-refractivity contribution in [2.24, 2.45) is 0 Å². The Kier molecular flexibility index (Phi) is 16.8. The normalized spacial score (nSPS) is 14.2. The Labute approximate surface area is 222 Å². The monoisotopic (exact) mass is 606 g/mol. The molecule has 0 aliphatic heterocycles. The van der Waals surface area contributed by atoms with Crippen molar-refractivity contribution in [1.82, 2.24) is 0 Å². The molecule has 0 aliphatic carbocycles. The Balaban J connectivity index is -0.000000529. The molecule has 206 valence electrons. The molecule has 0 fully saturated rings. The fourth-order valence-corrected chi connectivity index (χ4v) is 4.36. The van der Waals surface area contributed by atoms with Gasteiger partial charge in [0.1, 0.15) is 0 Å². The summed E-state index contributed by atoms with van der Waals surface area (Å²) in [6, 6.07) is 0. The van der Waals surface area contributed by atoms with Crippen LogP contribution in [-0.4, -0.2) is 33.6 Å². The van der Waals surface area contributed by atoms with E-state index in [0.29, 0.717) is 0 Å². The topological polar surface area (TPSA) is 55.4 Å². The van der Waals surface area contributed by atoms with Crippen LogP contribution in [0.25, 0.3) is 0 Å². The predicted octanol–water partition coefficient (Wildman–Crippen LogP) is 9.31. The van der Waals surface area contributed by atoms with Crippen LogP contribution in [-0.2, 0) is 47.6 Å². The van der Waals surface area contributed by atoms with E-state index in [9.17, 15) is 0 Å². The number of hydrogen-bond acceptors (Lipinski definition) is 6. The van der Waals surface area contributed by atoms with E-state index in [4.69, 9.17) is 27.1 Å². The summed E-state index contributed by atoms with van der Waals surface area (Å²) in [4.78, 5) is 0. The van der Waals surface area contributed by atoms with Crippen molar-refractivity contribution in [3.05, 3.63) is 0 Å².